The van der Waals surface area contributed by atoms with Crippen molar-refractivity contribution in [1.82, 2.24) is 9.13 Å². The molecule has 2 aromatic heterocycles. The quantitative estimate of drug-likeness (QED) is 0.0964. The summed E-state index contributed by atoms with van der Waals surface area (Å²) in [5.74, 6) is -3.03. The second-order valence-corrected chi connectivity index (χ2v) is 12.4. The zero-order valence-electron chi connectivity index (χ0n) is 25.0. The second-order valence-electron chi connectivity index (χ2n) is 9.96. The number of hydrogen-bond acceptors (Lipinski definition) is 8. The summed E-state index contributed by atoms with van der Waals surface area (Å²) in [5.41, 5.74) is 4.88. The molecule has 1 amide bonds. The average molecular weight is 881 g/mol. The molecular weight excluding hydrogens is 854 g/mol. The van der Waals surface area contributed by atoms with Crippen molar-refractivity contribution < 1.29 is 23.5 Å². The summed E-state index contributed by atoms with van der Waals surface area (Å²) >= 11 is 3.94. The predicted molar refractivity (Wildman–Crippen MR) is 191 cm³/mol. The molecule has 0 spiro atoms. The van der Waals surface area contributed by atoms with Crippen molar-refractivity contribution in [3.05, 3.63) is 112 Å². The number of aromatic nitrogens is 2. The Morgan fingerprint density at radius 3 is 1.54 bits per heavy atom. The van der Waals surface area contributed by atoms with Gasteiger partial charge in [-0.3, -0.25) is 14.4 Å². The van der Waals surface area contributed by atoms with Gasteiger partial charge in [0.1, 0.15) is 11.6 Å². The number of nitriles is 2. The number of anilines is 4. The summed E-state index contributed by atoms with van der Waals surface area (Å²) in [6, 6.07) is 15.2. The topological polar surface area (TPSA) is 196 Å². The zero-order chi connectivity index (χ0) is 35.4. The Bertz CT molecular complexity index is 1890. The van der Waals surface area contributed by atoms with Crippen molar-refractivity contribution in [1.29, 1.82) is 10.5 Å². The smallest absolute Gasteiger partial charge is 0.339 e. The van der Waals surface area contributed by atoms with Gasteiger partial charge in [-0.25, -0.2) is 13.6 Å². The van der Waals surface area contributed by atoms with Crippen LogP contribution in [0.4, 0.5) is 31.5 Å². The molecule has 2 aromatic carbocycles. The molecule has 0 aliphatic rings. The number of aryl methyl sites for hydroxylation is 2. The largest absolute Gasteiger partial charge is 0.478 e. The molecule has 0 bridgehead atoms. The monoisotopic (exact) mass is 881 g/mol. The van der Waals surface area contributed by atoms with Crippen LogP contribution >= 0.6 is 45.2 Å². The van der Waals surface area contributed by atoms with Crippen LogP contribution in [0.15, 0.2) is 70.5 Å². The van der Waals surface area contributed by atoms with E-state index in [2.05, 4.69) is 10.6 Å². The summed E-state index contributed by atoms with van der Waals surface area (Å²) in [4.78, 5) is 47.3. The molecule has 2 heterocycles. The first-order valence-electron chi connectivity index (χ1n) is 14.0. The second kappa shape index (κ2) is 17.9. The third-order valence-electron chi connectivity index (χ3n) is 6.52. The Morgan fingerprint density at radius 2 is 1.17 bits per heavy atom. The lowest BCUT2D eigenvalue weighted by Gasteiger charge is -2.13. The number of aromatic carboxylic acids is 1. The highest BCUT2D eigenvalue weighted by atomic mass is 127. The van der Waals surface area contributed by atoms with Crippen LogP contribution in [0.2, 0.25) is 0 Å². The minimum absolute atomic E-state index is 0.0177. The van der Waals surface area contributed by atoms with E-state index in [1.165, 1.54) is 51.9 Å². The highest BCUT2D eigenvalue weighted by Gasteiger charge is 2.16. The lowest BCUT2D eigenvalue weighted by molar-refractivity contribution is 0.0696. The Hall–Kier alpha value is -4.82. The number of carboxylic acid groups (broad SMARTS) is 1. The van der Waals surface area contributed by atoms with E-state index in [1.807, 2.05) is 57.3 Å². The number of amides is 1. The Labute approximate surface area is 300 Å². The standard InChI is InChI=1S/C16H14FIN4O2.C16H13FIN3O3/c17-12-7-10(18)3-4-13(12)21-14-8-15(23)22(6-2-1-5-19)9-11(14)16(20)24;17-12-7-10(18)3-4-13(12)20-14-8-15(22)21(6-2-1-5-19)9-11(14)16(23)24/h3-4,7-9,21H,1-2,6H2,(H2,20,24);3-4,7-9,20H,1-2,6H2,(H,23,24). The number of pyridine rings is 2. The molecule has 0 aliphatic carbocycles. The lowest BCUT2D eigenvalue weighted by Crippen LogP contribution is -2.24. The van der Waals surface area contributed by atoms with Crippen molar-refractivity contribution in [2.75, 3.05) is 10.6 Å². The van der Waals surface area contributed by atoms with Gasteiger partial charge >= 0.3 is 5.97 Å². The van der Waals surface area contributed by atoms with Gasteiger partial charge in [0.05, 0.1) is 46.0 Å². The molecule has 48 heavy (non-hydrogen) atoms. The van der Waals surface area contributed by atoms with Gasteiger partial charge in [0.15, 0.2) is 0 Å². The summed E-state index contributed by atoms with van der Waals surface area (Å²) in [7, 11) is 0. The molecule has 0 aliphatic heterocycles. The third-order valence-corrected chi connectivity index (χ3v) is 7.87. The number of benzene rings is 2. The van der Waals surface area contributed by atoms with Crippen molar-refractivity contribution in [2.24, 2.45) is 5.73 Å². The predicted octanol–water partition coefficient (Wildman–Crippen LogP) is 6.08. The van der Waals surface area contributed by atoms with Gasteiger partial charge < -0.3 is 30.6 Å². The number of carbonyl (C=O) groups is 2. The number of carboxylic acids is 1. The number of primary amides is 1. The summed E-state index contributed by atoms with van der Waals surface area (Å²) in [6.45, 7) is 0.537. The highest BCUT2D eigenvalue weighted by molar-refractivity contribution is 14.1. The molecule has 5 N–H and O–H groups in total. The summed E-state index contributed by atoms with van der Waals surface area (Å²) in [6.07, 6.45) is 4.01. The molecule has 0 saturated heterocycles. The van der Waals surface area contributed by atoms with Crippen LogP contribution in [0.25, 0.3) is 0 Å². The number of hydrogen-bond donors (Lipinski definition) is 4. The number of nitrogens with one attached hydrogen (secondary N) is 2. The Balaban J connectivity index is 0.000000260. The maximum atomic E-state index is 14.0. The first kappa shape index (κ1) is 37.6. The molecule has 4 rings (SSSR count). The first-order valence-corrected chi connectivity index (χ1v) is 16.2. The van der Waals surface area contributed by atoms with E-state index in [0.29, 0.717) is 29.4 Å². The average Bonchev–Trinajstić information content (AvgIpc) is 3.02. The lowest BCUT2D eigenvalue weighted by atomic mass is 10.2. The third kappa shape index (κ3) is 10.6. The molecular formula is C32H27F2I2N7O5. The van der Waals surface area contributed by atoms with Crippen molar-refractivity contribution in [3.8, 4) is 12.1 Å². The van der Waals surface area contributed by atoms with Crippen molar-refractivity contribution >= 4 is 79.8 Å². The molecule has 0 unspecified atom stereocenters. The number of nitrogens with two attached hydrogens (primary N) is 1. The van der Waals surface area contributed by atoms with Gasteiger partial charge in [-0.05, 0) is 94.4 Å². The molecule has 0 atom stereocenters. The first-order chi connectivity index (χ1) is 22.8. The minimum atomic E-state index is -1.24. The zero-order valence-corrected chi connectivity index (χ0v) is 29.3. The molecule has 0 fully saturated rings. The summed E-state index contributed by atoms with van der Waals surface area (Å²) in [5, 5.41) is 31.8. The van der Waals surface area contributed by atoms with Gasteiger partial charge in [0, 0.05) is 57.6 Å². The fraction of sp³-hybridized carbons (Fsp3) is 0.188. The van der Waals surface area contributed by atoms with E-state index < -0.39 is 29.1 Å². The van der Waals surface area contributed by atoms with E-state index in [9.17, 15) is 33.1 Å². The van der Waals surface area contributed by atoms with Gasteiger partial charge in [0.25, 0.3) is 17.0 Å². The molecule has 16 heteroatoms. The Morgan fingerprint density at radius 1 is 0.750 bits per heavy atom. The summed E-state index contributed by atoms with van der Waals surface area (Å²) < 4.78 is 31.8. The Kier molecular flexibility index (Phi) is 14.1. The van der Waals surface area contributed by atoms with Crippen LogP contribution < -0.4 is 27.5 Å². The van der Waals surface area contributed by atoms with Crippen LogP contribution in [-0.2, 0) is 13.1 Å². The van der Waals surface area contributed by atoms with E-state index in [1.54, 1.807) is 12.1 Å². The normalized spacial score (nSPS) is 10.2. The number of nitrogens with zero attached hydrogens (tertiary/aromatic N) is 4. The van der Waals surface area contributed by atoms with Crippen LogP contribution in [0.3, 0.4) is 0 Å². The maximum absolute atomic E-state index is 14.0. The molecule has 248 valence electrons. The molecule has 0 radical (unpaired) electrons. The number of rotatable bonds is 12. The van der Waals surface area contributed by atoms with Crippen LogP contribution in [-0.4, -0.2) is 26.1 Å². The highest BCUT2D eigenvalue weighted by Crippen LogP contribution is 2.25. The van der Waals surface area contributed by atoms with Crippen molar-refractivity contribution in [2.45, 2.75) is 38.8 Å². The van der Waals surface area contributed by atoms with Gasteiger partial charge in [0.2, 0.25) is 0 Å². The van der Waals surface area contributed by atoms with E-state index >= 15 is 0 Å². The SMILES string of the molecule is N#CCCCn1cc(C(=O)O)c(Nc2ccc(I)cc2F)cc1=O.N#CCCCn1cc(C(N)=O)c(Nc2ccc(I)cc2F)cc1=O. The van der Waals surface area contributed by atoms with Crippen LogP contribution in [0.5, 0.6) is 0 Å². The van der Waals surface area contributed by atoms with Gasteiger partial charge in [-0.15, -0.1) is 0 Å². The number of halogens is 4. The molecule has 4 aromatic rings. The van der Waals surface area contributed by atoms with E-state index in [0.717, 1.165) is 9.64 Å². The molecule has 0 saturated carbocycles. The minimum Gasteiger partial charge on any atom is -0.478 e. The number of carbonyl (C=O) groups excluding carboxylic acids is 1. The molecule has 12 nitrogen and oxygen atoms in total. The van der Waals surface area contributed by atoms with E-state index in [-0.39, 0.29) is 52.4 Å². The fourth-order valence-electron chi connectivity index (χ4n) is 4.20. The van der Waals surface area contributed by atoms with Gasteiger partial charge in [-0.2, -0.15) is 10.5 Å². The van der Waals surface area contributed by atoms with Gasteiger partial charge in [-0.1, -0.05) is 0 Å². The van der Waals surface area contributed by atoms with Crippen LogP contribution in [0.1, 0.15) is 46.4 Å². The van der Waals surface area contributed by atoms with Crippen molar-refractivity contribution in [3.63, 3.8) is 0 Å². The van der Waals surface area contributed by atoms with E-state index in [4.69, 9.17) is 16.3 Å². The number of unbranched alkanes of at least 4 members (excludes halogenated alkanes) is 2. The van der Waals surface area contributed by atoms with Crippen LogP contribution in [0, 0.1) is 41.4 Å². The maximum Gasteiger partial charge on any atom is 0.339 e. The fourth-order valence-corrected chi connectivity index (χ4v) is 5.10.